The normalized spacial score (nSPS) is 19.8. The summed E-state index contributed by atoms with van der Waals surface area (Å²) in [7, 11) is -2.07. The van der Waals surface area contributed by atoms with Crippen LogP contribution in [-0.4, -0.2) is 44.4 Å². The smallest absolute Gasteiger partial charge is 0.243 e. The second-order valence-corrected chi connectivity index (χ2v) is 9.05. The molecule has 1 atom stereocenters. The van der Waals surface area contributed by atoms with Crippen LogP contribution < -0.4 is 10.1 Å². The Balaban J connectivity index is 2.14. The molecule has 134 valence electrons. The molecule has 0 unspecified atom stereocenters. The maximum absolute atomic E-state index is 12.8. The Morgan fingerprint density at radius 3 is 2.42 bits per heavy atom. The molecular formula is C17H26N2O4S. The zero-order chi connectivity index (χ0) is 18.0. The van der Waals surface area contributed by atoms with Gasteiger partial charge < -0.3 is 10.1 Å². The number of rotatable bonds is 4. The quantitative estimate of drug-likeness (QED) is 0.897. The predicted octanol–water partition coefficient (Wildman–Crippen LogP) is 2.01. The molecule has 0 radical (unpaired) electrons. The zero-order valence-corrected chi connectivity index (χ0v) is 15.5. The molecule has 0 aromatic heterocycles. The van der Waals surface area contributed by atoms with Gasteiger partial charge >= 0.3 is 0 Å². The number of carbonyl (C=O) groups excluding carboxylic acids is 1. The van der Waals surface area contributed by atoms with E-state index >= 15 is 0 Å². The van der Waals surface area contributed by atoms with Crippen molar-refractivity contribution in [1.82, 2.24) is 9.62 Å². The van der Waals surface area contributed by atoms with Crippen LogP contribution >= 0.6 is 0 Å². The molecule has 1 aromatic carbocycles. The summed E-state index contributed by atoms with van der Waals surface area (Å²) in [6.45, 7) is 6.41. The first-order chi connectivity index (χ1) is 11.1. The van der Waals surface area contributed by atoms with Crippen molar-refractivity contribution in [2.75, 3.05) is 20.2 Å². The van der Waals surface area contributed by atoms with E-state index in [4.69, 9.17) is 4.74 Å². The molecule has 1 aliphatic heterocycles. The Hall–Kier alpha value is -1.60. The van der Waals surface area contributed by atoms with Crippen molar-refractivity contribution in [2.45, 2.75) is 44.0 Å². The van der Waals surface area contributed by atoms with Crippen molar-refractivity contribution < 1.29 is 17.9 Å². The molecule has 7 heteroatoms. The number of nitrogens with one attached hydrogen (secondary N) is 1. The third-order valence-corrected chi connectivity index (χ3v) is 5.83. The maximum Gasteiger partial charge on any atom is 0.243 e. The molecule has 2 rings (SSSR count). The van der Waals surface area contributed by atoms with E-state index in [-0.39, 0.29) is 28.8 Å². The third-order valence-electron chi connectivity index (χ3n) is 3.95. The fourth-order valence-electron chi connectivity index (χ4n) is 2.74. The van der Waals surface area contributed by atoms with Crippen molar-refractivity contribution in [3.8, 4) is 5.75 Å². The van der Waals surface area contributed by atoms with Gasteiger partial charge in [-0.05, 0) is 57.9 Å². The number of sulfonamides is 1. The summed E-state index contributed by atoms with van der Waals surface area (Å²) < 4.78 is 32.1. The van der Waals surface area contributed by atoms with Crippen LogP contribution in [-0.2, 0) is 14.8 Å². The number of nitrogens with zero attached hydrogens (tertiary/aromatic N) is 1. The standard InChI is InChI=1S/C17H26N2O4S/c1-17(2,3)18-16(20)13-6-5-11-19(12-13)24(21,22)15-9-7-14(23-4)8-10-15/h7-10,13H,5-6,11-12H2,1-4H3,(H,18,20)/t13-/m1/s1. The van der Waals surface area contributed by atoms with Gasteiger partial charge in [0.15, 0.2) is 0 Å². The number of carbonyl (C=O) groups is 1. The number of hydrogen-bond acceptors (Lipinski definition) is 4. The van der Waals surface area contributed by atoms with Gasteiger partial charge in [-0.2, -0.15) is 4.31 Å². The highest BCUT2D eigenvalue weighted by Gasteiger charge is 2.34. The zero-order valence-electron chi connectivity index (χ0n) is 14.7. The lowest BCUT2D eigenvalue weighted by molar-refractivity contribution is -0.127. The van der Waals surface area contributed by atoms with E-state index in [1.54, 1.807) is 12.1 Å². The summed E-state index contributed by atoms with van der Waals surface area (Å²) in [5.41, 5.74) is -0.325. The van der Waals surface area contributed by atoms with Crippen LogP contribution in [0.3, 0.4) is 0 Å². The molecule has 1 aromatic rings. The number of piperidine rings is 1. The van der Waals surface area contributed by atoms with Crippen molar-refractivity contribution in [1.29, 1.82) is 0 Å². The van der Waals surface area contributed by atoms with Gasteiger partial charge in [0.05, 0.1) is 17.9 Å². The van der Waals surface area contributed by atoms with E-state index in [1.165, 1.54) is 23.5 Å². The van der Waals surface area contributed by atoms with Gasteiger partial charge in [-0.25, -0.2) is 8.42 Å². The topological polar surface area (TPSA) is 75.7 Å². The Labute approximate surface area is 144 Å². The van der Waals surface area contributed by atoms with Crippen LogP contribution in [0.25, 0.3) is 0 Å². The Morgan fingerprint density at radius 1 is 1.25 bits per heavy atom. The predicted molar refractivity (Wildman–Crippen MR) is 92.4 cm³/mol. The van der Waals surface area contributed by atoms with Gasteiger partial charge in [0, 0.05) is 18.6 Å². The Bertz CT molecular complexity index is 678. The largest absolute Gasteiger partial charge is 0.497 e. The van der Waals surface area contributed by atoms with Gasteiger partial charge in [-0.1, -0.05) is 0 Å². The number of benzene rings is 1. The highest BCUT2D eigenvalue weighted by molar-refractivity contribution is 7.89. The van der Waals surface area contributed by atoms with Crippen LogP contribution in [0.4, 0.5) is 0 Å². The Kier molecular flexibility index (Phi) is 5.55. The first-order valence-electron chi connectivity index (χ1n) is 8.10. The molecule has 1 heterocycles. The highest BCUT2D eigenvalue weighted by Crippen LogP contribution is 2.25. The van der Waals surface area contributed by atoms with Gasteiger partial charge in [-0.15, -0.1) is 0 Å². The molecule has 24 heavy (non-hydrogen) atoms. The average molecular weight is 354 g/mol. The lowest BCUT2D eigenvalue weighted by Crippen LogP contribution is -2.49. The number of hydrogen-bond donors (Lipinski definition) is 1. The fourth-order valence-corrected chi connectivity index (χ4v) is 4.27. The number of amides is 1. The SMILES string of the molecule is COc1ccc(S(=O)(=O)N2CCC[C@@H](C(=O)NC(C)(C)C)C2)cc1. The van der Waals surface area contributed by atoms with Crippen molar-refractivity contribution in [3.05, 3.63) is 24.3 Å². The summed E-state index contributed by atoms with van der Waals surface area (Å²) in [5.74, 6) is 0.207. The second-order valence-electron chi connectivity index (χ2n) is 7.12. The average Bonchev–Trinajstić information content (AvgIpc) is 2.53. The van der Waals surface area contributed by atoms with E-state index in [9.17, 15) is 13.2 Å². The minimum atomic E-state index is -3.60. The maximum atomic E-state index is 12.8. The molecule has 1 amide bonds. The Morgan fingerprint density at radius 2 is 1.88 bits per heavy atom. The molecular weight excluding hydrogens is 328 g/mol. The van der Waals surface area contributed by atoms with Gasteiger partial charge in [-0.3, -0.25) is 4.79 Å². The molecule has 6 nitrogen and oxygen atoms in total. The summed E-state index contributed by atoms with van der Waals surface area (Å²) in [4.78, 5) is 12.6. The summed E-state index contributed by atoms with van der Waals surface area (Å²) in [6, 6.07) is 6.32. The third kappa shape index (κ3) is 4.48. The molecule has 0 aliphatic carbocycles. The lowest BCUT2D eigenvalue weighted by atomic mass is 9.97. The first kappa shape index (κ1) is 18.7. The van der Waals surface area contributed by atoms with E-state index in [0.717, 1.165) is 0 Å². The van der Waals surface area contributed by atoms with Crippen molar-refractivity contribution >= 4 is 15.9 Å². The molecule has 1 N–H and O–H groups in total. The molecule has 1 saturated heterocycles. The van der Waals surface area contributed by atoms with Crippen LogP contribution in [0.1, 0.15) is 33.6 Å². The molecule has 0 bridgehead atoms. The minimum Gasteiger partial charge on any atom is -0.497 e. The molecule has 0 saturated carbocycles. The van der Waals surface area contributed by atoms with Crippen LogP contribution in [0.15, 0.2) is 29.2 Å². The van der Waals surface area contributed by atoms with Crippen LogP contribution in [0.2, 0.25) is 0 Å². The summed E-state index contributed by atoms with van der Waals surface area (Å²) in [6.07, 6.45) is 1.38. The van der Waals surface area contributed by atoms with Crippen LogP contribution in [0.5, 0.6) is 5.75 Å². The van der Waals surface area contributed by atoms with Gasteiger partial charge in [0.2, 0.25) is 15.9 Å². The summed E-state index contributed by atoms with van der Waals surface area (Å²) >= 11 is 0. The van der Waals surface area contributed by atoms with Crippen molar-refractivity contribution in [3.63, 3.8) is 0 Å². The monoisotopic (exact) mass is 354 g/mol. The van der Waals surface area contributed by atoms with Crippen molar-refractivity contribution in [2.24, 2.45) is 5.92 Å². The van der Waals surface area contributed by atoms with E-state index in [2.05, 4.69) is 5.32 Å². The van der Waals surface area contributed by atoms with Gasteiger partial charge in [0.25, 0.3) is 0 Å². The molecule has 1 fully saturated rings. The molecule has 1 aliphatic rings. The van der Waals surface area contributed by atoms with E-state index < -0.39 is 10.0 Å². The van der Waals surface area contributed by atoms with Crippen LogP contribution in [0, 0.1) is 5.92 Å². The number of ether oxygens (including phenoxy) is 1. The van der Waals surface area contributed by atoms with Gasteiger partial charge in [0.1, 0.15) is 5.75 Å². The molecule has 0 spiro atoms. The summed E-state index contributed by atoms with van der Waals surface area (Å²) in [5, 5.41) is 2.94. The highest BCUT2D eigenvalue weighted by atomic mass is 32.2. The number of methoxy groups -OCH3 is 1. The second kappa shape index (κ2) is 7.11. The minimum absolute atomic E-state index is 0.0860. The first-order valence-corrected chi connectivity index (χ1v) is 9.54. The lowest BCUT2D eigenvalue weighted by Gasteiger charge is -2.33. The van der Waals surface area contributed by atoms with E-state index in [1.807, 2.05) is 20.8 Å². The fraction of sp³-hybridized carbons (Fsp3) is 0.588. The van der Waals surface area contributed by atoms with E-state index in [0.29, 0.717) is 25.1 Å².